The Kier molecular flexibility index (Phi) is 6.31. The molecule has 1 aliphatic rings. The number of nitrogens with one attached hydrogen (secondary N) is 1. The summed E-state index contributed by atoms with van der Waals surface area (Å²) in [6.07, 6.45) is 4.39. The van der Waals surface area contributed by atoms with Crippen molar-refractivity contribution in [2.45, 2.75) is 50.0 Å². The molecule has 1 fully saturated rings. The standard InChI is InChI=1S/C17H23NO3S/c1-12-7-9-13(10-8-12)22-11-16(19)18-15-6-4-2-3-5-14(15)17(20)21/h7-10,14-15H,2-6,11H2,1H3,(H,18,19)(H,20,21)/t14-,15+/m1/s1. The van der Waals surface area contributed by atoms with Gasteiger partial charge in [0.2, 0.25) is 5.91 Å². The molecule has 0 radical (unpaired) electrons. The molecule has 0 aromatic heterocycles. The van der Waals surface area contributed by atoms with Gasteiger partial charge in [-0.2, -0.15) is 0 Å². The van der Waals surface area contributed by atoms with Crippen molar-refractivity contribution < 1.29 is 14.7 Å². The molecule has 0 heterocycles. The second kappa shape index (κ2) is 8.22. The maximum absolute atomic E-state index is 12.1. The molecule has 0 bridgehead atoms. The van der Waals surface area contributed by atoms with Crippen molar-refractivity contribution >= 4 is 23.6 Å². The number of carboxylic acid groups (broad SMARTS) is 1. The lowest BCUT2D eigenvalue weighted by Gasteiger charge is -2.22. The zero-order chi connectivity index (χ0) is 15.9. The van der Waals surface area contributed by atoms with Gasteiger partial charge in [-0.3, -0.25) is 9.59 Å². The van der Waals surface area contributed by atoms with E-state index < -0.39 is 11.9 Å². The zero-order valence-electron chi connectivity index (χ0n) is 12.9. The molecule has 120 valence electrons. The van der Waals surface area contributed by atoms with Crippen molar-refractivity contribution in [2.24, 2.45) is 5.92 Å². The van der Waals surface area contributed by atoms with E-state index in [1.807, 2.05) is 31.2 Å². The van der Waals surface area contributed by atoms with Crippen molar-refractivity contribution in [1.29, 1.82) is 0 Å². The van der Waals surface area contributed by atoms with Gasteiger partial charge in [0.05, 0.1) is 11.7 Å². The first-order valence-corrected chi connectivity index (χ1v) is 8.76. The summed E-state index contributed by atoms with van der Waals surface area (Å²) >= 11 is 1.48. The number of carbonyl (C=O) groups is 2. The second-order valence-electron chi connectivity index (χ2n) is 5.86. The number of aliphatic carboxylic acids is 1. The van der Waals surface area contributed by atoms with Crippen LogP contribution in [0.5, 0.6) is 0 Å². The molecule has 1 amide bonds. The highest BCUT2D eigenvalue weighted by atomic mass is 32.2. The summed E-state index contributed by atoms with van der Waals surface area (Å²) < 4.78 is 0. The minimum absolute atomic E-state index is 0.0799. The molecular formula is C17H23NO3S. The van der Waals surface area contributed by atoms with Gasteiger partial charge >= 0.3 is 5.97 Å². The molecule has 22 heavy (non-hydrogen) atoms. The lowest BCUT2D eigenvalue weighted by Crippen LogP contribution is -2.43. The molecule has 1 aliphatic carbocycles. The van der Waals surface area contributed by atoms with Crippen molar-refractivity contribution in [3.8, 4) is 0 Å². The fourth-order valence-corrected chi connectivity index (χ4v) is 3.52. The quantitative estimate of drug-likeness (QED) is 0.645. The Bertz CT molecular complexity index is 515. The van der Waals surface area contributed by atoms with Crippen molar-refractivity contribution in [3.05, 3.63) is 29.8 Å². The highest BCUT2D eigenvalue weighted by Gasteiger charge is 2.30. The van der Waals surface area contributed by atoms with Crippen LogP contribution in [0, 0.1) is 12.8 Å². The number of thioether (sulfide) groups is 1. The monoisotopic (exact) mass is 321 g/mol. The second-order valence-corrected chi connectivity index (χ2v) is 6.91. The van der Waals surface area contributed by atoms with Crippen LogP contribution < -0.4 is 5.32 Å². The summed E-state index contributed by atoms with van der Waals surface area (Å²) in [5, 5.41) is 12.3. The molecule has 4 nitrogen and oxygen atoms in total. The molecule has 0 spiro atoms. The fourth-order valence-electron chi connectivity index (χ4n) is 2.81. The highest BCUT2D eigenvalue weighted by Crippen LogP contribution is 2.24. The number of amides is 1. The number of carboxylic acids is 1. The van der Waals surface area contributed by atoms with E-state index in [0.29, 0.717) is 12.2 Å². The zero-order valence-corrected chi connectivity index (χ0v) is 13.7. The lowest BCUT2D eigenvalue weighted by molar-refractivity contribution is -0.143. The molecule has 2 N–H and O–H groups in total. The molecule has 0 unspecified atom stereocenters. The Balaban J connectivity index is 1.86. The van der Waals surface area contributed by atoms with Crippen LogP contribution in [0.2, 0.25) is 0 Å². The minimum Gasteiger partial charge on any atom is -0.481 e. The first kappa shape index (κ1) is 16.9. The van der Waals surface area contributed by atoms with Crippen LogP contribution >= 0.6 is 11.8 Å². The predicted octanol–water partition coefficient (Wildman–Crippen LogP) is 3.24. The maximum Gasteiger partial charge on any atom is 0.308 e. The largest absolute Gasteiger partial charge is 0.481 e. The van der Waals surface area contributed by atoms with E-state index in [-0.39, 0.29) is 11.9 Å². The van der Waals surface area contributed by atoms with E-state index in [0.717, 1.165) is 30.6 Å². The number of aryl methyl sites for hydroxylation is 1. The van der Waals surface area contributed by atoms with Crippen molar-refractivity contribution in [1.82, 2.24) is 5.32 Å². The smallest absolute Gasteiger partial charge is 0.308 e. The normalized spacial score (nSPS) is 21.9. The van der Waals surface area contributed by atoms with Crippen molar-refractivity contribution in [3.63, 3.8) is 0 Å². The number of carbonyl (C=O) groups excluding carboxylic acids is 1. The van der Waals surface area contributed by atoms with Crippen molar-refractivity contribution in [2.75, 3.05) is 5.75 Å². The van der Waals surface area contributed by atoms with Gasteiger partial charge in [-0.25, -0.2) is 0 Å². The van der Waals surface area contributed by atoms with Gasteiger partial charge in [-0.1, -0.05) is 37.0 Å². The van der Waals surface area contributed by atoms with Gasteiger partial charge < -0.3 is 10.4 Å². The Morgan fingerprint density at radius 3 is 2.55 bits per heavy atom. The maximum atomic E-state index is 12.1. The van der Waals surface area contributed by atoms with Crippen LogP contribution in [0.25, 0.3) is 0 Å². The van der Waals surface area contributed by atoms with E-state index in [2.05, 4.69) is 5.32 Å². The van der Waals surface area contributed by atoms with E-state index >= 15 is 0 Å². The summed E-state index contributed by atoms with van der Waals surface area (Å²) in [6.45, 7) is 2.03. The molecule has 2 atom stereocenters. The average Bonchev–Trinajstić information content (AvgIpc) is 2.72. The summed E-state index contributed by atoms with van der Waals surface area (Å²) in [6, 6.07) is 7.81. The molecule has 1 aromatic rings. The summed E-state index contributed by atoms with van der Waals surface area (Å²) in [4.78, 5) is 24.5. The molecule has 1 saturated carbocycles. The third kappa shape index (κ3) is 5.05. The van der Waals surface area contributed by atoms with Gasteiger partial charge in [0.1, 0.15) is 0 Å². The molecule has 2 rings (SSSR count). The summed E-state index contributed by atoms with van der Waals surface area (Å²) in [7, 11) is 0. The van der Waals surface area contributed by atoms with Crippen LogP contribution in [0.4, 0.5) is 0 Å². The Labute approximate surface area is 135 Å². The van der Waals surface area contributed by atoms with Crippen LogP contribution in [0.3, 0.4) is 0 Å². The molecule has 0 aliphatic heterocycles. The minimum atomic E-state index is -0.793. The Morgan fingerprint density at radius 2 is 1.86 bits per heavy atom. The topological polar surface area (TPSA) is 66.4 Å². The highest BCUT2D eigenvalue weighted by molar-refractivity contribution is 8.00. The van der Waals surface area contributed by atoms with Crippen LogP contribution in [-0.2, 0) is 9.59 Å². The van der Waals surface area contributed by atoms with E-state index in [9.17, 15) is 14.7 Å². The van der Waals surface area contributed by atoms with Gasteiger partial charge in [-0.05, 0) is 31.9 Å². The van der Waals surface area contributed by atoms with Gasteiger partial charge in [0, 0.05) is 10.9 Å². The molecule has 1 aromatic carbocycles. The summed E-state index contributed by atoms with van der Waals surface area (Å²) in [5.41, 5.74) is 1.19. The molecule has 0 saturated heterocycles. The first-order valence-electron chi connectivity index (χ1n) is 7.78. The van der Waals surface area contributed by atoms with Crippen LogP contribution in [-0.4, -0.2) is 28.8 Å². The van der Waals surface area contributed by atoms with Gasteiger partial charge in [0.25, 0.3) is 0 Å². The Morgan fingerprint density at radius 1 is 1.18 bits per heavy atom. The Hall–Kier alpha value is -1.49. The van der Waals surface area contributed by atoms with E-state index in [4.69, 9.17) is 0 Å². The van der Waals surface area contributed by atoms with E-state index in [1.54, 1.807) is 0 Å². The summed E-state index contributed by atoms with van der Waals surface area (Å²) in [5.74, 6) is -0.996. The third-order valence-corrected chi connectivity index (χ3v) is 5.08. The van der Waals surface area contributed by atoms with Gasteiger partial charge in [-0.15, -0.1) is 11.8 Å². The number of hydrogen-bond donors (Lipinski definition) is 2. The number of rotatable bonds is 5. The lowest BCUT2D eigenvalue weighted by atomic mass is 9.95. The first-order chi connectivity index (χ1) is 10.6. The van der Waals surface area contributed by atoms with Gasteiger partial charge in [0.15, 0.2) is 0 Å². The number of benzene rings is 1. The van der Waals surface area contributed by atoms with Crippen LogP contribution in [0.15, 0.2) is 29.2 Å². The number of hydrogen-bond acceptors (Lipinski definition) is 3. The molecule has 5 heteroatoms. The van der Waals surface area contributed by atoms with Crippen LogP contribution in [0.1, 0.15) is 37.7 Å². The average molecular weight is 321 g/mol. The third-order valence-electron chi connectivity index (χ3n) is 4.07. The van der Waals surface area contributed by atoms with E-state index in [1.165, 1.54) is 17.3 Å². The molecular weight excluding hydrogens is 298 g/mol. The SMILES string of the molecule is Cc1ccc(SCC(=O)N[C@H]2CCCCC[C@H]2C(=O)O)cc1. The predicted molar refractivity (Wildman–Crippen MR) is 88.0 cm³/mol. The fraction of sp³-hybridized carbons (Fsp3) is 0.529.